The first-order valence-electron chi connectivity index (χ1n) is 16.3. The highest BCUT2D eigenvalue weighted by atomic mass is 16.6. The highest BCUT2D eigenvalue weighted by Gasteiger charge is 2.37. The minimum atomic E-state index is -1.39. The quantitative estimate of drug-likeness (QED) is 0.0791. The third kappa shape index (κ3) is 11.3. The van der Waals surface area contributed by atoms with Crippen LogP contribution >= 0.6 is 0 Å². The predicted molar refractivity (Wildman–Crippen MR) is 183 cm³/mol. The number of amides is 3. The molecular formula is C35H48N4O11. The summed E-state index contributed by atoms with van der Waals surface area (Å²) in [6.45, 7) is 7.30. The van der Waals surface area contributed by atoms with E-state index in [0.717, 1.165) is 11.3 Å². The summed E-state index contributed by atoms with van der Waals surface area (Å²) in [5.41, 5.74) is 0.406. The van der Waals surface area contributed by atoms with Crippen molar-refractivity contribution in [3.05, 3.63) is 47.5 Å². The van der Waals surface area contributed by atoms with Gasteiger partial charge in [-0.15, -0.1) is 0 Å². The number of anilines is 2. The maximum Gasteiger partial charge on any atom is 0.416 e. The summed E-state index contributed by atoms with van der Waals surface area (Å²) in [6.07, 6.45) is -0.605. The fourth-order valence-electron chi connectivity index (χ4n) is 5.17. The lowest BCUT2D eigenvalue weighted by molar-refractivity contribution is -0.140. The predicted octanol–water partition coefficient (Wildman–Crippen LogP) is 4.25. The van der Waals surface area contributed by atoms with Gasteiger partial charge in [-0.1, -0.05) is 12.1 Å². The Morgan fingerprint density at radius 1 is 1.10 bits per heavy atom. The van der Waals surface area contributed by atoms with Crippen LogP contribution in [0.1, 0.15) is 69.3 Å². The van der Waals surface area contributed by atoms with Gasteiger partial charge in [-0.2, -0.15) is 0 Å². The molecule has 1 fully saturated rings. The lowest BCUT2D eigenvalue weighted by Crippen LogP contribution is -2.51. The molecule has 15 nitrogen and oxygen atoms in total. The zero-order valence-electron chi connectivity index (χ0n) is 29.6. The standard InChI is InChI=1S/C35H48N4O11/c1-22(36-33(44)50-35(2,3)4)31(42)37-25-14-12-23(13-15-25)21-49-34(45)39(32(43)26-10-8-16-38(26)5)27-19-29(28(46-6)18-24(27)20-40)48-17-9-11-30(41)47-7/h12-15,18-20,22,26,32,43H,8-11,16-17,21H2,1-7H3,(H,36,44)(H,37,42). The van der Waals surface area contributed by atoms with Crippen LogP contribution in [0.5, 0.6) is 11.5 Å². The van der Waals surface area contributed by atoms with Crippen LogP contribution in [0.15, 0.2) is 36.4 Å². The van der Waals surface area contributed by atoms with Crippen molar-refractivity contribution in [3.8, 4) is 11.5 Å². The Kier molecular flexibility index (Phi) is 14.4. The molecule has 3 unspecified atom stereocenters. The van der Waals surface area contributed by atoms with Crippen molar-refractivity contribution in [2.75, 3.05) is 44.6 Å². The summed E-state index contributed by atoms with van der Waals surface area (Å²) in [5.74, 6) is -0.446. The van der Waals surface area contributed by atoms with Crippen molar-refractivity contribution >= 4 is 41.7 Å². The highest BCUT2D eigenvalue weighted by molar-refractivity contribution is 5.97. The number of esters is 1. The molecule has 0 spiro atoms. The number of nitrogens with zero attached hydrogens (tertiary/aromatic N) is 2. The molecule has 1 aliphatic heterocycles. The van der Waals surface area contributed by atoms with E-state index in [0.29, 0.717) is 36.9 Å². The molecule has 0 bridgehead atoms. The maximum absolute atomic E-state index is 13.8. The third-order valence-corrected chi connectivity index (χ3v) is 7.80. The number of likely N-dealkylation sites (tertiary alicyclic amines) is 1. The number of likely N-dealkylation sites (N-methyl/N-ethyl adjacent to an activating group) is 1. The van der Waals surface area contributed by atoms with E-state index in [4.69, 9.17) is 18.9 Å². The topological polar surface area (TPSA) is 182 Å². The van der Waals surface area contributed by atoms with Gasteiger partial charge in [0, 0.05) is 23.7 Å². The summed E-state index contributed by atoms with van der Waals surface area (Å²) in [5, 5.41) is 16.8. The van der Waals surface area contributed by atoms with E-state index in [1.54, 1.807) is 45.0 Å². The van der Waals surface area contributed by atoms with Crippen molar-refractivity contribution in [1.82, 2.24) is 10.2 Å². The average Bonchev–Trinajstić information content (AvgIpc) is 3.50. The summed E-state index contributed by atoms with van der Waals surface area (Å²) < 4.78 is 26.8. The summed E-state index contributed by atoms with van der Waals surface area (Å²) in [4.78, 5) is 65.1. The summed E-state index contributed by atoms with van der Waals surface area (Å²) >= 11 is 0. The van der Waals surface area contributed by atoms with Crippen molar-refractivity contribution in [2.24, 2.45) is 0 Å². The normalized spacial score (nSPS) is 15.6. The Labute approximate surface area is 292 Å². The molecule has 15 heteroatoms. The second-order valence-corrected chi connectivity index (χ2v) is 12.8. The molecule has 3 N–H and O–H groups in total. The van der Waals surface area contributed by atoms with E-state index >= 15 is 0 Å². The van der Waals surface area contributed by atoms with Crippen LogP contribution in [0, 0.1) is 0 Å². The van der Waals surface area contributed by atoms with Crippen LogP contribution < -0.4 is 25.0 Å². The number of aliphatic hydroxyl groups excluding tert-OH is 1. The first-order valence-corrected chi connectivity index (χ1v) is 16.3. The number of aldehydes is 1. The molecule has 3 rings (SSSR count). The van der Waals surface area contributed by atoms with E-state index in [1.165, 1.54) is 33.3 Å². The van der Waals surface area contributed by atoms with E-state index in [9.17, 15) is 29.1 Å². The lowest BCUT2D eigenvalue weighted by Gasteiger charge is -2.34. The molecule has 2 aromatic carbocycles. The number of benzene rings is 2. The van der Waals surface area contributed by atoms with E-state index in [-0.39, 0.29) is 42.4 Å². The molecule has 2 aromatic rings. The monoisotopic (exact) mass is 700 g/mol. The van der Waals surface area contributed by atoms with Crippen LogP contribution in [0.2, 0.25) is 0 Å². The summed E-state index contributed by atoms with van der Waals surface area (Å²) in [7, 11) is 4.53. The Bertz CT molecular complexity index is 1490. The molecule has 274 valence electrons. The molecule has 3 atom stereocenters. The first-order chi connectivity index (χ1) is 23.7. The first kappa shape index (κ1) is 39.5. The average molecular weight is 701 g/mol. The number of hydrogen-bond donors (Lipinski definition) is 3. The number of nitrogens with one attached hydrogen (secondary N) is 2. The number of ether oxygens (including phenoxy) is 5. The largest absolute Gasteiger partial charge is 0.493 e. The van der Waals surface area contributed by atoms with Crippen molar-refractivity contribution in [3.63, 3.8) is 0 Å². The SMILES string of the molecule is COC(=O)CCCOc1cc(N(C(=O)OCc2ccc(NC(=O)C(C)NC(=O)OC(C)(C)C)cc2)C(O)C2CCCN2C)c(C=O)cc1OC. The molecular weight excluding hydrogens is 652 g/mol. The number of rotatable bonds is 15. The molecule has 1 heterocycles. The molecule has 3 amide bonds. The molecule has 1 aliphatic rings. The fraction of sp³-hybridized carbons (Fsp3) is 0.514. The smallest absolute Gasteiger partial charge is 0.416 e. The Morgan fingerprint density at radius 2 is 1.80 bits per heavy atom. The van der Waals surface area contributed by atoms with Crippen LogP contribution in [0.25, 0.3) is 0 Å². The number of methoxy groups -OCH3 is 2. The van der Waals surface area contributed by atoms with Gasteiger partial charge in [0.25, 0.3) is 0 Å². The fourth-order valence-corrected chi connectivity index (χ4v) is 5.17. The van der Waals surface area contributed by atoms with Gasteiger partial charge in [-0.3, -0.25) is 19.3 Å². The van der Waals surface area contributed by atoms with Crippen LogP contribution in [0.3, 0.4) is 0 Å². The zero-order valence-corrected chi connectivity index (χ0v) is 29.6. The molecule has 0 saturated carbocycles. The van der Waals surface area contributed by atoms with Crippen molar-refractivity contribution in [1.29, 1.82) is 0 Å². The number of carbonyl (C=O) groups is 5. The van der Waals surface area contributed by atoms with Crippen LogP contribution in [-0.2, 0) is 30.4 Å². The maximum atomic E-state index is 13.8. The van der Waals surface area contributed by atoms with Crippen molar-refractivity contribution in [2.45, 2.75) is 83.9 Å². The lowest BCUT2D eigenvalue weighted by atomic mass is 10.1. The minimum Gasteiger partial charge on any atom is -0.493 e. The van der Waals surface area contributed by atoms with Crippen molar-refractivity contribution < 1.29 is 52.8 Å². The summed E-state index contributed by atoms with van der Waals surface area (Å²) in [6, 6.07) is 8.02. The number of carbonyl (C=O) groups excluding carboxylic acids is 5. The van der Waals surface area contributed by atoms with E-state index < -0.39 is 48.0 Å². The van der Waals surface area contributed by atoms with Gasteiger partial charge >= 0.3 is 18.2 Å². The number of hydrogen-bond acceptors (Lipinski definition) is 12. The molecule has 1 saturated heterocycles. The molecule has 0 radical (unpaired) electrons. The minimum absolute atomic E-state index is 0.0498. The van der Waals surface area contributed by atoms with Gasteiger partial charge in [0.1, 0.15) is 18.2 Å². The number of aliphatic hydroxyl groups is 1. The molecule has 0 aliphatic carbocycles. The Morgan fingerprint density at radius 3 is 2.38 bits per heavy atom. The Balaban J connectivity index is 1.77. The van der Waals surface area contributed by atoms with Gasteiger partial charge in [0.2, 0.25) is 5.91 Å². The zero-order chi connectivity index (χ0) is 37.0. The molecule has 0 aromatic heterocycles. The van der Waals surface area contributed by atoms with E-state index in [2.05, 4.69) is 15.4 Å². The Hall–Kier alpha value is -4.89. The highest BCUT2D eigenvalue weighted by Crippen LogP contribution is 2.37. The van der Waals surface area contributed by atoms with Crippen LogP contribution in [0.4, 0.5) is 21.0 Å². The van der Waals surface area contributed by atoms with Gasteiger partial charge in [0.15, 0.2) is 24.0 Å². The van der Waals surface area contributed by atoms with E-state index in [1.807, 2.05) is 11.9 Å². The van der Waals surface area contributed by atoms with Gasteiger partial charge in [-0.05, 0) is 84.3 Å². The second-order valence-electron chi connectivity index (χ2n) is 12.8. The van der Waals surface area contributed by atoms with Crippen LogP contribution in [-0.4, -0.2) is 98.7 Å². The third-order valence-electron chi connectivity index (χ3n) is 7.80. The van der Waals surface area contributed by atoms with Gasteiger partial charge in [-0.25, -0.2) is 14.5 Å². The van der Waals surface area contributed by atoms with Gasteiger partial charge in [0.05, 0.1) is 32.6 Å². The van der Waals surface area contributed by atoms with Gasteiger partial charge < -0.3 is 39.4 Å². The number of alkyl carbamates (subject to hydrolysis) is 1. The molecule has 50 heavy (non-hydrogen) atoms. The second kappa shape index (κ2) is 18.2.